The molecule has 1 unspecified atom stereocenters. The van der Waals surface area contributed by atoms with Crippen molar-refractivity contribution in [2.45, 2.75) is 31.5 Å². The van der Waals surface area contributed by atoms with Crippen molar-refractivity contribution in [2.24, 2.45) is 0 Å². The van der Waals surface area contributed by atoms with E-state index in [0.29, 0.717) is 31.2 Å². The maximum absolute atomic E-state index is 13.0. The number of aliphatic hydroxyl groups excluding tert-OH is 1. The molecular formula is C16H19FN4O3. The van der Waals surface area contributed by atoms with Crippen LogP contribution in [0.4, 0.5) is 10.1 Å². The lowest BCUT2D eigenvalue weighted by atomic mass is 10.1. The van der Waals surface area contributed by atoms with Crippen LogP contribution >= 0.6 is 0 Å². The summed E-state index contributed by atoms with van der Waals surface area (Å²) in [5.41, 5.74) is 0.649. The Labute approximate surface area is 138 Å². The van der Waals surface area contributed by atoms with E-state index in [0.717, 1.165) is 12.8 Å². The van der Waals surface area contributed by atoms with Crippen molar-refractivity contribution in [1.29, 1.82) is 0 Å². The van der Waals surface area contributed by atoms with Crippen LogP contribution in [0, 0.1) is 15.9 Å². The summed E-state index contributed by atoms with van der Waals surface area (Å²) in [6.45, 7) is 1.60. The first-order valence-corrected chi connectivity index (χ1v) is 7.87. The van der Waals surface area contributed by atoms with Crippen LogP contribution in [0.2, 0.25) is 0 Å². The average molecular weight is 334 g/mol. The Hall–Kier alpha value is -2.32. The van der Waals surface area contributed by atoms with Gasteiger partial charge in [0.1, 0.15) is 18.2 Å². The second kappa shape index (κ2) is 7.06. The quantitative estimate of drug-likeness (QED) is 0.590. The Morgan fingerprint density at radius 2 is 2.12 bits per heavy atom. The molecule has 1 aromatic carbocycles. The van der Waals surface area contributed by atoms with E-state index in [2.05, 4.69) is 10.00 Å². The number of rotatable bonds is 8. The molecule has 0 spiro atoms. The van der Waals surface area contributed by atoms with Gasteiger partial charge in [-0.3, -0.25) is 19.7 Å². The standard InChI is InChI=1S/C16H19FN4O3/c17-13-3-1-12(2-4-13)16(22)11-19(14-5-6-14)7-8-20-10-15(9-18-20)21(23)24/h1-4,9-10,14,16,22H,5-8,11H2. The molecule has 1 heterocycles. The molecule has 1 saturated carbocycles. The fourth-order valence-electron chi connectivity index (χ4n) is 2.68. The number of hydrogen-bond donors (Lipinski definition) is 1. The van der Waals surface area contributed by atoms with Gasteiger partial charge < -0.3 is 5.11 Å². The van der Waals surface area contributed by atoms with Crippen LogP contribution in [0.25, 0.3) is 0 Å². The van der Waals surface area contributed by atoms with Gasteiger partial charge in [0.05, 0.1) is 17.6 Å². The lowest BCUT2D eigenvalue weighted by Gasteiger charge is -2.25. The summed E-state index contributed by atoms with van der Waals surface area (Å²) in [7, 11) is 0. The molecule has 2 aromatic rings. The van der Waals surface area contributed by atoms with Gasteiger partial charge in [0.25, 0.3) is 0 Å². The maximum atomic E-state index is 13.0. The molecule has 0 aliphatic heterocycles. The Morgan fingerprint density at radius 3 is 2.71 bits per heavy atom. The first-order valence-electron chi connectivity index (χ1n) is 7.87. The van der Waals surface area contributed by atoms with Crippen molar-refractivity contribution < 1.29 is 14.4 Å². The Morgan fingerprint density at radius 1 is 1.42 bits per heavy atom. The third-order valence-corrected chi connectivity index (χ3v) is 4.17. The van der Waals surface area contributed by atoms with Gasteiger partial charge in [-0.15, -0.1) is 0 Å². The van der Waals surface area contributed by atoms with Crippen molar-refractivity contribution in [1.82, 2.24) is 14.7 Å². The molecule has 8 heteroatoms. The third-order valence-electron chi connectivity index (χ3n) is 4.17. The van der Waals surface area contributed by atoms with Gasteiger partial charge in [-0.25, -0.2) is 4.39 Å². The molecule has 3 rings (SSSR count). The van der Waals surface area contributed by atoms with Gasteiger partial charge in [0, 0.05) is 19.1 Å². The molecule has 7 nitrogen and oxygen atoms in total. The first kappa shape index (κ1) is 16.5. The molecule has 1 aromatic heterocycles. The van der Waals surface area contributed by atoms with Crippen molar-refractivity contribution in [3.8, 4) is 0 Å². The van der Waals surface area contributed by atoms with Crippen LogP contribution in [0.3, 0.4) is 0 Å². The number of aromatic nitrogens is 2. The van der Waals surface area contributed by atoms with E-state index >= 15 is 0 Å². The zero-order valence-electron chi connectivity index (χ0n) is 13.1. The number of nitrogens with zero attached hydrogens (tertiary/aromatic N) is 4. The van der Waals surface area contributed by atoms with E-state index in [-0.39, 0.29) is 11.5 Å². The molecule has 0 amide bonds. The summed E-state index contributed by atoms with van der Waals surface area (Å²) in [6.07, 6.45) is 4.10. The Balaban J connectivity index is 1.58. The van der Waals surface area contributed by atoms with Crippen LogP contribution in [-0.2, 0) is 6.54 Å². The zero-order chi connectivity index (χ0) is 17.1. The van der Waals surface area contributed by atoms with E-state index in [9.17, 15) is 19.6 Å². The topological polar surface area (TPSA) is 84.4 Å². The summed E-state index contributed by atoms with van der Waals surface area (Å²) >= 11 is 0. The van der Waals surface area contributed by atoms with Crippen LogP contribution in [-0.4, -0.2) is 43.8 Å². The molecule has 1 aliphatic rings. The van der Waals surface area contributed by atoms with Crippen LogP contribution in [0.5, 0.6) is 0 Å². The predicted molar refractivity (Wildman–Crippen MR) is 84.8 cm³/mol. The van der Waals surface area contributed by atoms with E-state index in [1.165, 1.54) is 29.2 Å². The lowest BCUT2D eigenvalue weighted by molar-refractivity contribution is -0.385. The van der Waals surface area contributed by atoms with Crippen LogP contribution < -0.4 is 0 Å². The smallest absolute Gasteiger partial charge is 0.306 e. The fraction of sp³-hybridized carbons (Fsp3) is 0.438. The van der Waals surface area contributed by atoms with Crippen molar-refractivity contribution in [2.75, 3.05) is 13.1 Å². The van der Waals surface area contributed by atoms with Gasteiger partial charge in [-0.1, -0.05) is 12.1 Å². The Kier molecular flexibility index (Phi) is 4.86. The minimum atomic E-state index is -0.696. The van der Waals surface area contributed by atoms with Crippen molar-refractivity contribution >= 4 is 5.69 Å². The summed E-state index contributed by atoms with van der Waals surface area (Å²) in [5, 5.41) is 25.0. The number of aliphatic hydroxyl groups is 1. The van der Waals surface area contributed by atoms with Gasteiger partial charge in [0.15, 0.2) is 0 Å². The summed E-state index contributed by atoms with van der Waals surface area (Å²) in [6, 6.07) is 6.26. The highest BCUT2D eigenvalue weighted by molar-refractivity contribution is 5.20. The van der Waals surface area contributed by atoms with Gasteiger partial charge in [-0.05, 0) is 30.5 Å². The van der Waals surface area contributed by atoms with Gasteiger partial charge in [0.2, 0.25) is 0 Å². The summed E-state index contributed by atoms with van der Waals surface area (Å²) in [5.74, 6) is -0.328. The maximum Gasteiger partial charge on any atom is 0.306 e. The highest BCUT2D eigenvalue weighted by Crippen LogP contribution is 2.29. The zero-order valence-corrected chi connectivity index (χ0v) is 13.1. The van der Waals surface area contributed by atoms with E-state index in [4.69, 9.17) is 0 Å². The van der Waals surface area contributed by atoms with Crippen molar-refractivity contribution in [3.05, 3.63) is 58.2 Å². The molecule has 24 heavy (non-hydrogen) atoms. The minimum Gasteiger partial charge on any atom is -0.387 e. The molecular weight excluding hydrogens is 315 g/mol. The number of hydrogen-bond acceptors (Lipinski definition) is 5. The van der Waals surface area contributed by atoms with Crippen LogP contribution in [0.1, 0.15) is 24.5 Å². The second-order valence-corrected chi connectivity index (χ2v) is 6.01. The minimum absolute atomic E-state index is 0.0284. The van der Waals surface area contributed by atoms with E-state index in [1.54, 1.807) is 12.1 Å². The molecule has 1 atom stereocenters. The van der Waals surface area contributed by atoms with E-state index in [1.807, 2.05) is 0 Å². The van der Waals surface area contributed by atoms with E-state index < -0.39 is 11.0 Å². The number of halogens is 1. The SMILES string of the molecule is O=[N+]([O-])c1cnn(CCN(CC(O)c2ccc(F)cc2)C2CC2)c1. The second-order valence-electron chi connectivity index (χ2n) is 6.01. The largest absolute Gasteiger partial charge is 0.387 e. The molecule has 1 aliphatic carbocycles. The highest BCUT2D eigenvalue weighted by Gasteiger charge is 2.30. The number of benzene rings is 1. The fourth-order valence-corrected chi connectivity index (χ4v) is 2.68. The molecule has 1 fully saturated rings. The third kappa shape index (κ3) is 4.15. The molecule has 0 saturated heterocycles. The monoisotopic (exact) mass is 334 g/mol. The Bertz CT molecular complexity index is 700. The number of nitro groups is 1. The molecule has 128 valence electrons. The molecule has 1 N–H and O–H groups in total. The van der Waals surface area contributed by atoms with Gasteiger partial charge in [-0.2, -0.15) is 5.10 Å². The lowest BCUT2D eigenvalue weighted by Crippen LogP contribution is -2.33. The first-order chi connectivity index (χ1) is 11.5. The highest BCUT2D eigenvalue weighted by atomic mass is 19.1. The molecule has 0 bridgehead atoms. The summed E-state index contributed by atoms with van der Waals surface area (Å²) in [4.78, 5) is 12.4. The molecule has 0 radical (unpaired) electrons. The van der Waals surface area contributed by atoms with Crippen molar-refractivity contribution in [3.63, 3.8) is 0 Å². The average Bonchev–Trinajstić information content (AvgIpc) is 3.29. The van der Waals surface area contributed by atoms with Crippen LogP contribution in [0.15, 0.2) is 36.7 Å². The summed E-state index contributed by atoms with van der Waals surface area (Å²) < 4.78 is 14.5. The normalized spacial score (nSPS) is 15.6. The van der Waals surface area contributed by atoms with Gasteiger partial charge >= 0.3 is 5.69 Å². The predicted octanol–water partition coefficient (Wildman–Crippen LogP) is 2.13.